The van der Waals surface area contributed by atoms with Crippen LogP contribution in [-0.2, 0) is 4.79 Å². The van der Waals surface area contributed by atoms with Crippen LogP contribution in [0.3, 0.4) is 0 Å². The standard InChI is InChI=1S/C15H23N3O2/c1-3-8-16-12(15(19)20)11-18-10-9-17(2)13-6-4-5-7-14(13)18/h4-7,12,16H,3,8-11H2,1-2H3,(H,19,20). The highest BCUT2D eigenvalue weighted by molar-refractivity contribution is 5.77. The highest BCUT2D eigenvalue weighted by Crippen LogP contribution is 2.31. The first kappa shape index (κ1) is 14.7. The number of carbonyl (C=O) groups is 1. The van der Waals surface area contributed by atoms with E-state index in [2.05, 4.69) is 34.3 Å². The highest BCUT2D eigenvalue weighted by Gasteiger charge is 2.25. The molecule has 1 heterocycles. The van der Waals surface area contributed by atoms with Gasteiger partial charge < -0.3 is 20.2 Å². The monoisotopic (exact) mass is 277 g/mol. The van der Waals surface area contributed by atoms with Gasteiger partial charge in [-0.05, 0) is 25.1 Å². The average molecular weight is 277 g/mol. The second-order valence-electron chi connectivity index (χ2n) is 5.20. The lowest BCUT2D eigenvalue weighted by atomic mass is 10.1. The van der Waals surface area contributed by atoms with Crippen LogP contribution in [0.4, 0.5) is 11.4 Å². The molecule has 0 spiro atoms. The van der Waals surface area contributed by atoms with Gasteiger partial charge in [0.25, 0.3) is 0 Å². The van der Waals surface area contributed by atoms with Crippen molar-refractivity contribution in [3.05, 3.63) is 24.3 Å². The summed E-state index contributed by atoms with van der Waals surface area (Å²) >= 11 is 0. The third-order valence-electron chi connectivity index (χ3n) is 3.68. The van der Waals surface area contributed by atoms with Crippen LogP contribution in [0.5, 0.6) is 0 Å². The summed E-state index contributed by atoms with van der Waals surface area (Å²) in [4.78, 5) is 15.7. The molecular weight excluding hydrogens is 254 g/mol. The number of nitrogens with one attached hydrogen (secondary N) is 1. The van der Waals surface area contributed by atoms with Crippen molar-refractivity contribution in [2.75, 3.05) is 43.0 Å². The molecule has 1 atom stereocenters. The zero-order valence-corrected chi connectivity index (χ0v) is 12.2. The number of hydrogen-bond donors (Lipinski definition) is 2. The average Bonchev–Trinajstić information content (AvgIpc) is 2.45. The van der Waals surface area contributed by atoms with E-state index in [4.69, 9.17) is 0 Å². The van der Waals surface area contributed by atoms with Crippen LogP contribution in [0.25, 0.3) is 0 Å². The maximum absolute atomic E-state index is 11.4. The van der Waals surface area contributed by atoms with Gasteiger partial charge >= 0.3 is 5.97 Å². The fourth-order valence-corrected chi connectivity index (χ4v) is 2.52. The fourth-order valence-electron chi connectivity index (χ4n) is 2.52. The van der Waals surface area contributed by atoms with Crippen LogP contribution in [0.2, 0.25) is 0 Å². The predicted octanol–water partition coefficient (Wildman–Crippen LogP) is 1.40. The Balaban J connectivity index is 2.13. The zero-order valence-electron chi connectivity index (χ0n) is 12.2. The first-order valence-electron chi connectivity index (χ1n) is 7.14. The Kier molecular flexibility index (Phi) is 4.84. The number of carboxylic acids is 1. The van der Waals surface area contributed by atoms with Crippen LogP contribution in [0.15, 0.2) is 24.3 Å². The van der Waals surface area contributed by atoms with Crippen molar-refractivity contribution in [1.29, 1.82) is 0 Å². The minimum atomic E-state index is -0.783. The predicted molar refractivity (Wildman–Crippen MR) is 81.6 cm³/mol. The molecule has 0 aliphatic carbocycles. The van der Waals surface area contributed by atoms with Crippen LogP contribution in [0.1, 0.15) is 13.3 Å². The Bertz CT molecular complexity index is 464. The van der Waals surface area contributed by atoms with E-state index in [0.717, 1.165) is 31.7 Å². The summed E-state index contributed by atoms with van der Waals surface area (Å²) < 4.78 is 0. The van der Waals surface area contributed by atoms with Crippen LogP contribution in [-0.4, -0.2) is 50.3 Å². The number of nitrogens with zero attached hydrogens (tertiary/aromatic N) is 2. The first-order valence-corrected chi connectivity index (χ1v) is 7.14. The summed E-state index contributed by atoms with van der Waals surface area (Å²) in [6.45, 7) is 5.03. The minimum Gasteiger partial charge on any atom is -0.480 e. The van der Waals surface area contributed by atoms with Crippen LogP contribution in [0, 0.1) is 0 Å². The lowest BCUT2D eigenvalue weighted by molar-refractivity contribution is -0.139. The number of anilines is 2. The molecule has 5 nitrogen and oxygen atoms in total. The maximum Gasteiger partial charge on any atom is 0.322 e. The number of para-hydroxylation sites is 2. The molecule has 2 N–H and O–H groups in total. The Morgan fingerprint density at radius 1 is 1.35 bits per heavy atom. The molecule has 1 aliphatic heterocycles. The van der Waals surface area contributed by atoms with E-state index in [-0.39, 0.29) is 0 Å². The van der Waals surface area contributed by atoms with Crippen LogP contribution >= 0.6 is 0 Å². The number of aliphatic carboxylic acids is 1. The summed E-state index contributed by atoms with van der Waals surface area (Å²) in [6.07, 6.45) is 0.934. The Labute approximate surface area is 120 Å². The summed E-state index contributed by atoms with van der Waals surface area (Å²) in [7, 11) is 2.07. The van der Waals surface area contributed by atoms with Gasteiger partial charge in [-0.3, -0.25) is 4.79 Å². The third-order valence-corrected chi connectivity index (χ3v) is 3.68. The second-order valence-corrected chi connectivity index (χ2v) is 5.20. The highest BCUT2D eigenvalue weighted by atomic mass is 16.4. The van der Waals surface area contributed by atoms with Gasteiger partial charge in [0.2, 0.25) is 0 Å². The Hall–Kier alpha value is -1.75. The van der Waals surface area contributed by atoms with E-state index < -0.39 is 12.0 Å². The SMILES string of the molecule is CCCNC(CN1CCN(C)c2ccccc21)C(=O)O. The van der Waals surface area contributed by atoms with Gasteiger partial charge in [0.15, 0.2) is 0 Å². The van der Waals surface area contributed by atoms with Crippen molar-refractivity contribution in [1.82, 2.24) is 5.32 Å². The van der Waals surface area contributed by atoms with Gasteiger partial charge in [-0.25, -0.2) is 0 Å². The van der Waals surface area contributed by atoms with Gasteiger partial charge in [-0.15, -0.1) is 0 Å². The molecule has 110 valence electrons. The second kappa shape index (κ2) is 6.61. The van der Waals surface area contributed by atoms with Crippen molar-refractivity contribution in [3.8, 4) is 0 Å². The molecule has 0 fully saturated rings. The molecule has 0 saturated carbocycles. The van der Waals surface area contributed by atoms with Crippen molar-refractivity contribution in [2.45, 2.75) is 19.4 Å². The summed E-state index contributed by atoms with van der Waals surface area (Å²) in [5.41, 5.74) is 2.28. The van der Waals surface area contributed by atoms with Gasteiger partial charge in [-0.2, -0.15) is 0 Å². The van der Waals surface area contributed by atoms with Gasteiger partial charge in [0.05, 0.1) is 11.4 Å². The zero-order chi connectivity index (χ0) is 14.5. The molecule has 1 aromatic rings. The van der Waals surface area contributed by atoms with Crippen molar-refractivity contribution >= 4 is 17.3 Å². The molecule has 0 radical (unpaired) electrons. The van der Waals surface area contributed by atoms with E-state index in [1.54, 1.807) is 0 Å². The number of benzene rings is 1. The summed E-state index contributed by atoms with van der Waals surface area (Å²) in [5.74, 6) is -0.783. The van der Waals surface area contributed by atoms with E-state index in [1.165, 1.54) is 5.69 Å². The van der Waals surface area contributed by atoms with E-state index in [9.17, 15) is 9.90 Å². The molecule has 20 heavy (non-hydrogen) atoms. The molecule has 0 bridgehead atoms. The quantitative estimate of drug-likeness (QED) is 0.823. The van der Waals surface area contributed by atoms with Crippen molar-refractivity contribution in [3.63, 3.8) is 0 Å². The number of likely N-dealkylation sites (N-methyl/N-ethyl adjacent to an activating group) is 1. The smallest absolute Gasteiger partial charge is 0.322 e. The normalized spacial score (nSPS) is 15.9. The Morgan fingerprint density at radius 2 is 2.05 bits per heavy atom. The van der Waals surface area contributed by atoms with Crippen molar-refractivity contribution in [2.24, 2.45) is 0 Å². The molecule has 1 aromatic carbocycles. The molecule has 5 heteroatoms. The first-order chi connectivity index (χ1) is 9.63. The molecule has 0 aromatic heterocycles. The molecule has 0 amide bonds. The van der Waals surface area contributed by atoms with E-state index >= 15 is 0 Å². The van der Waals surface area contributed by atoms with Gasteiger partial charge in [0, 0.05) is 26.7 Å². The number of fused-ring (bicyclic) bond motifs is 1. The minimum absolute atomic E-state index is 0.500. The summed E-state index contributed by atoms with van der Waals surface area (Å²) in [6, 6.07) is 7.63. The lowest BCUT2D eigenvalue weighted by Crippen LogP contribution is -2.50. The van der Waals surface area contributed by atoms with Crippen LogP contribution < -0.4 is 15.1 Å². The topological polar surface area (TPSA) is 55.8 Å². The molecule has 1 aliphatic rings. The number of carboxylic acid groups (broad SMARTS) is 1. The van der Waals surface area contributed by atoms with Gasteiger partial charge in [-0.1, -0.05) is 19.1 Å². The van der Waals surface area contributed by atoms with E-state index in [1.807, 2.05) is 19.1 Å². The third kappa shape index (κ3) is 3.22. The lowest BCUT2D eigenvalue weighted by Gasteiger charge is -2.38. The molecule has 1 unspecified atom stereocenters. The number of hydrogen-bond acceptors (Lipinski definition) is 4. The summed E-state index contributed by atoms with van der Waals surface area (Å²) in [5, 5.41) is 12.4. The molecular formula is C15H23N3O2. The Morgan fingerprint density at radius 3 is 2.70 bits per heavy atom. The van der Waals surface area contributed by atoms with E-state index in [0.29, 0.717) is 6.54 Å². The molecule has 0 saturated heterocycles. The maximum atomic E-state index is 11.4. The van der Waals surface area contributed by atoms with Gasteiger partial charge in [0.1, 0.15) is 6.04 Å². The fraction of sp³-hybridized carbons (Fsp3) is 0.533. The number of rotatable bonds is 6. The molecule has 2 rings (SSSR count). The van der Waals surface area contributed by atoms with Crippen molar-refractivity contribution < 1.29 is 9.90 Å². The largest absolute Gasteiger partial charge is 0.480 e.